The molecule has 3 aromatic heterocycles. The van der Waals surface area contributed by atoms with E-state index in [0.29, 0.717) is 24.0 Å². The van der Waals surface area contributed by atoms with E-state index in [1.54, 1.807) is 34.3 Å². The molecule has 0 saturated heterocycles. The maximum atomic E-state index is 12.3. The molecule has 3 rings (SSSR count). The first kappa shape index (κ1) is 14.5. The molecule has 7 heteroatoms. The van der Waals surface area contributed by atoms with Crippen LogP contribution in [0.1, 0.15) is 41.5 Å². The fourth-order valence-corrected chi connectivity index (χ4v) is 2.71. The number of hydrogen-bond acceptors (Lipinski definition) is 4. The van der Waals surface area contributed by atoms with Gasteiger partial charge in [0.2, 0.25) is 0 Å². The van der Waals surface area contributed by atoms with E-state index in [-0.39, 0.29) is 5.91 Å². The summed E-state index contributed by atoms with van der Waals surface area (Å²) in [5.41, 5.74) is 2.48. The maximum absolute atomic E-state index is 12.3. The van der Waals surface area contributed by atoms with Crippen molar-refractivity contribution in [1.82, 2.24) is 20.0 Å². The van der Waals surface area contributed by atoms with Gasteiger partial charge >= 0.3 is 0 Å². The molecule has 3 aromatic rings. The first-order valence-electron chi connectivity index (χ1n) is 7.03. The van der Waals surface area contributed by atoms with Gasteiger partial charge in [-0.1, -0.05) is 13.8 Å². The van der Waals surface area contributed by atoms with Crippen molar-refractivity contribution in [2.24, 2.45) is 0 Å². The number of thiophene rings is 1. The van der Waals surface area contributed by atoms with Crippen LogP contribution in [-0.4, -0.2) is 25.9 Å². The molecule has 0 spiro atoms. The van der Waals surface area contributed by atoms with E-state index in [4.69, 9.17) is 0 Å². The Balaban J connectivity index is 1.72. The average molecular weight is 315 g/mol. The molecule has 0 atom stereocenters. The van der Waals surface area contributed by atoms with Gasteiger partial charge in [0.15, 0.2) is 5.69 Å². The third-order valence-corrected chi connectivity index (χ3v) is 4.05. The largest absolute Gasteiger partial charge is 0.305 e. The second-order valence-corrected chi connectivity index (χ2v) is 6.10. The zero-order valence-corrected chi connectivity index (χ0v) is 13.2. The van der Waals surface area contributed by atoms with Gasteiger partial charge in [-0.2, -0.15) is 21.5 Å². The molecule has 0 aliphatic carbocycles. The highest BCUT2D eigenvalue weighted by molar-refractivity contribution is 7.07. The molecular formula is C15H17N5OS. The Kier molecular flexibility index (Phi) is 4.06. The summed E-state index contributed by atoms with van der Waals surface area (Å²) in [6.07, 6.45) is 1.67. The smallest absolute Gasteiger partial charge is 0.277 e. The van der Waals surface area contributed by atoms with Crippen LogP contribution in [0.15, 0.2) is 35.2 Å². The van der Waals surface area contributed by atoms with E-state index >= 15 is 0 Å². The summed E-state index contributed by atoms with van der Waals surface area (Å²) in [7, 11) is 0. The zero-order chi connectivity index (χ0) is 15.5. The third kappa shape index (κ3) is 3.09. The van der Waals surface area contributed by atoms with Crippen molar-refractivity contribution in [1.29, 1.82) is 0 Å². The number of hydrogen-bond donors (Lipinski definition) is 2. The summed E-state index contributed by atoms with van der Waals surface area (Å²) >= 11 is 1.64. The molecule has 0 aliphatic heterocycles. The van der Waals surface area contributed by atoms with Crippen LogP contribution in [0.25, 0.3) is 0 Å². The number of anilines is 1. The summed E-state index contributed by atoms with van der Waals surface area (Å²) in [6.45, 7) is 4.72. The quantitative estimate of drug-likeness (QED) is 0.759. The third-order valence-electron chi connectivity index (χ3n) is 3.32. The van der Waals surface area contributed by atoms with Gasteiger partial charge in [-0.25, -0.2) is 4.68 Å². The molecule has 0 saturated carbocycles. The molecule has 0 aromatic carbocycles. The molecule has 0 fully saturated rings. The summed E-state index contributed by atoms with van der Waals surface area (Å²) in [4.78, 5) is 12.3. The molecule has 22 heavy (non-hydrogen) atoms. The maximum Gasteiger partial charge on any atom is 0.277 e. The molecule has 0 radical (unpaired) electrons. The van der Waals surface area contributed by atoms with Crippen molar-refractivity contribution >= 4 is 23.1 Å². The van der Waals surface area contributed by atoms with E-state index < -0.39 is 0 Å². The lowest BCUT2D eigenvalue weighted by atomic mass is 10.1. The van der Waals surface area contributed by atoms with E-state index in [9.17, 15) is 4.79 Å². The number of nitrogens with one attached hydrogen (secondary N) is 2. The van der Waals surface area contributed by atoms with E-state index in [1.807, 2.05) is 25.3 Å². The monoisotopic (exact) mass is 315 g/mol. The number of aromatic amines is 1. The van der Waals surface area contributed by atoms with Gasteiger partial charge in [-0.3, -0.25) is 9.89 Å². The Morgan fingerprint density at radius 2 is 2.32 bits per heavy atom. The Morgan fingerprint density at radius 3 is 3.00 bits per heavy atom. The number of nitrogens with zero attached hydrogens (tertiary/aromatic N) is 3. The van der Waals surface area contributed by atoms with Crippen molar-refractivity contribution in [3.05, 3.63) is 52.1 Å². The van der Waals surface area contributed by atoms with Gasteiger partial charge < -0.3 is 5.32 Å². The molecule has 114 valence electrons. The molecule has 3 heterocycles. The molecule has 1 amide bonds. The number of carbonyl (C=O) groups excluding carboxylic acids is 1. The lowest BCUT2D eigenvalue weighted by Crippen LogP contribution is -2.16. The molecular weight excluding hydrogens is 298 g/mol. The summed E-state index contributed by atoms with van der Waals surface area (Å²) in [5.74, 6) is 0.721. The van der Waals surface area contributed by atoms with Crippen LogP contribution >= 0.6 is 11.3 Å². The van der Waals surface area contributed by atoms with Crippen LogP contribution in [-0.2, 0) is 6.54 Å². The lowest BCUT2D eigenvalue weighted by molar-refractivity contribution is 0.102. The van der Waals surface area contributed by atoms with Gasteiger partial charge in [-0.05, 0) is 34.4 Å². The van der Waals surface area contributed by atoms with Crippen molar-refractivity contribution < 1.29 is 4.79 Å². The van der Waals surface area contributed by atoms with Crippen molar-refractivity contribution in [2.45, 2.75) is 26.3 Å². The second kappa shape index (κ2) is 6.15. The summed E-state index contributed by atoms with van der Waals surface area (Å²) in [6, 6.07) is 5.60. The predicted molar refractivity (Wildman–Crippen MR) is 86.3 cm³/mol. The topological polar surface area (TPSA) is 75.6 Å². The fraction of sp³-hybridized carbons (Fsp3) is 0.267. The van der Waals surface area contributed by atoms with Crippen molar-refractivity contribution in [3.63, 3.8) is 0 Å². The van der Waals surface area contributed by atoms with Crippen LogP contribution in [0.5, 0.6) is 0 Å². The minimum Gasteiger partial charge on any atom is -0.305 e. The number of H-pyrrole nitrogens is 1. The minimum absolute atomic E-state index is 0.241. The van der Waals surface area contributed by atoms with Gasteiger partial charge in [0.1, 0.15) is 5.82 Å². The first-order chi connectivity index (χ1) is 10.6. The summed E-state index contributed by atoms with van der Waals surface area (Å²) < 4.78 is 1.76. The van der Waals surface area contributed by atoms with E-state index in [1.165, 1.54) is 0 Å². The standard InChI is InChI=1S/C15H17N5OS/c1-10(2)12-7-13(19-18-12)15(21)17-14-3-5-16-20(14)8-11-4-6-22-9-11/h3-7,9-10H,8H2,1-2H3,(H,17,21)(H,18,19). The average Bonchev–Trinajstić information content (AvgIpc) is 3.21. The molecule has 0 bridgehead atoms. The van der Waals surface area contributed by atoms with Gasteiger partial charge in [0, 0.05) is 11.8 Å². The Labute approximate surface area is 132 Å². The van der Waals surface area contributed by atoms with E-state index in [0.717, 1.165) is 11.3 Å². The predicted octanol–water partition coefficient (Wildman–Crippen LogP) is 3.09. The highest BCUT2D eigenvalue weighted by atomic mass is 32.1. The SMILES string of the molecule is CC(C)c1cc(C(=O)Nc2ccnn2Cc2ccsc2)n[nH]1. The number of rotatable bonds is 5. The number of aromatic nitrogens is 4. The zero-order valence-electron chi connectivity index (χ0n) is 12.4. The normalized spacial score (nSPS) is 11.0. The minimum atomic E-state index is -0.241. The van der Waals surface area contributed by atoms with Crippen molar-refractivity contribution in [2.75, 3.05) is 5.32 Å². The molecule has 0 unspecified atom stereocenters. The van der Waals surface area contributed by atoms with Crippen LogP contribution in [0.3, 0.4) is 0 Å². The first-order valence-corrected chi connectivity index (χ1v) is 7.97. The summed E-state index contributed by atoms with van der Waals surface area (Å²) in [5, 5.41) is 18.1. The lowest BCUT2D eigenvalue weighted by Gasteiger charge is -2.07. The molecule has 6 nitrogen and oxygen atoms in total. The molecule has 0 aliphatic rings. The Hall–Kier alpha value is -2.41. The Bertz CT molecular complexity index is 757. The van der Waals surface area contributed by atoms with Gasteiger partial charge in [-0.15, -0.1) is 0 Å². The Morgan fingerprint density at radius 1 is 1.45 bits per heavy atom. The van der Waals surface area contributed by atoms with Crippen molar-refractivity contribution in [3.8, 4) is 0 Å². The van der Waals surface area contributed by atoms with Crippen LogP contribution in [0, 0.1) is 0 Å². The van der Waals surface area contributed by atoms with Crippen LogP contribution < -0.4 is 5.32 Å². The van der Waals surface area contributed by atoms with E-state index in [2.05, 4.69) is 26.0 Å². The second-order valence-electron chi connectivity index (χ2n) is 5.32. The van der Waals surface area contributed by atoms with Gasteiger partial charge in [0.25, 0.3) is 5.91 Å². The molecule has 2 N–H and O–H groups in total. The van der Waals surface area contributed by atoms with Gasteiger partial charge in [0.05, 0.1) is 12.7 Å². The highest BCUT2D eigenvalue weighted by Gasteiger charge is 2.14. The number of carbonyl (C=O) groups is 1. The number of amides is 1. The fourth-order valence-electron chi connectivity index (χ4n) is 2.05. The van der Waals surface area contributed by atoms with Crippen LogP contribution in [0.2, 0.25) is 0 Å². The highest BCUT2D eigenvalue weighted by Crippen LogP contribution is 2.15. The van der Waals surface area contributed by atoms with Crippen LogP contribution in [0.4, 0.5) is 5.82 Å².